The standard InChI is InChI=1S/C16H20O3/c1-12(2)16(11-14(17)10-15(18)19-16)9-8-13-6-4-3-5-7-13/h3-7,10,12,17H,8-9,11H2,1-2H3/t16-/m0/s1. The van der Waals surface area contributed by atoms with Crippen LogP contribution in [0.15, 0.2) is 42.2 Å². The summed E-state index contributed by atoms with van der Waals surface area (Å²) in [5, 5.41) is 9.72. The zero-order chi connectivity index (χ0) is 13.9. The minimum absolute atomic E-state index is 0.123. The van der Waals surface area contributed by atoms with E-state index < -0.39 is 11.6 Å². The van der Waals surface area contributed by atoms with Gasteiger partial charge in [0.15, 0.2) is 0 Å². The predicted octanol–water partition coefficient (Wildman–Crippen LogP) is 3.40. The monoisotopic (exact) mass is 260 g/mol. The smallest absolute Gasteiger partial charge is 0.334 e. The fraction of sp³-hybridized carbons (Fsp3) is 0.438. The van der Waals surface area contributed by atoms with Gasteiger partial charge in [0.1, 0.15) is 11.4 Å². The molecule has 0 saturated heterocycles. The lowest BCUT2D eigenvalue weighted by molar-refractivity contribution is -0.163. The van der Waals surface area contributed by atoms with Gasteiger partial charge >= 0.3 is 5.97 Å². The maximum atomic E-state index is 11.5. The van der Waals surface area contributed by atoms with E-state index in [9.17, 15) is 9.90 Å². The first kappa shape index (κ1) is 13.7. The number of carbonyl (C=O) groups is 1. The first-order valence-corrected chi connectivity index (χ1v) is 6.68. The highest BCUT2D eigenvalue weighted by Crippen LogP contribution is 2.36. The number of aliphatic hydroxyl groups is 1. The van der Waals surface area contributed by atoms with Crippen molar-refractivity contribution in [2.75, 3.05) is 0 Å². The molecule has 0 spiro atoms. The van der Waals surface area contributed by atoms with Crippen molar-refractivity contribution in [1.29, 1.82) is 0 Å². The molecule has 0 amide bonds. The molecule has 2 rings (SSSR count). The van der Waals surface area contributed by atoms with Gasteiger partial charge in [0.05, 0.1) is 6.08 Å². The normalized spacial score (nSPS) is 23.1. The Hall–Kier alpha value is -1.77. The maximum absolute atomic E-state index is 11.5. The molecule has 0 bridgehead atoms. The highest BCUT2D eigenvalue weighted by Gasteiger charge is 2.40. The third-order valence-electron chi connectivity index (χ3n) is 3.80. The molecule has 0 saturated carbocycles. The molecule has 1 aromatic rings. The number of benzene rings is 1. The van der Waals surface area contributed by atoms with E-state index in [0.717, 1.165) is 12.8 Å². The fourth-order valence-electron chi connectivity index (χ4n) is 2.51. The minimum Gasteiger partial charge on any atom is -0.512 e. The molecule has 3 nitrogen and oxygen atoms in total. The van der Waals surface area contributed by atoms with Gasteiger partial charge in [-0.15, -0.1) is 0 Å². The topological polar surface area (TPSA) is 46.5 Å². The average Bonchev–Trinajstić information content (AvgIpc) is 2.36. The van der Waals surface area contributed by atoms with E-state index in [2.05, 4.69) is 12.1 Å². The van der Waals surface area contributed by atoms with Crippen LogP contribution in [-0.2, 0) is 16.0 Å². The van der Waals surface area contributed by atoms with Gasteiger partial charge in [0.25, 0.3) is 0 Å². The summed E-state index contributed by atoms with van der Waals surface area (Å²) in [6.45, 7) is 4.05. The fourth-order valence-corrected chi connectivity index (χ4v) is 2.51. The summed E-state index contributed by atoms with van der Waals surface area (Å²) in [7, 11) is 0. The highest BCUT2D eigenvalue weighted by molar-refractivity contribution is 5.83. The molecule has 1 aliphatic rings. The van der Waals surface area contributed by atoms with Crippen LogP contribution in [0.2, 0.25) is 0 Å². The molecule has 1 aromatic carbocycles. The molecule has 1 aliphatic heterocycles. The Morgan fingerprint density at radius 3 is 2.58 bits per heavy atom. The van der Waals surface area contributed by atoms with E-state index in [0.29, 0.717) is 6.42 Å². The van der Waals surface area contributed by atoms with Crippen LogP contribution < -0.4 is 0 Å². The van der Waals surface area contributed by atoms with Gasteiger partial charge in [-0.05, 0) is 24.3 Å². The quantitative estimate of drug-likeness (QED) is 0.844. The van der Waals surface area contributed by atoms with Gasteiger partial charge in [0, 0.05) is 6.42 Å². The van der Waals surface area contributed by atoms with Crippen molar-refractivity contribution >= 4 is 5.97 Å². The van der Waals surface area contributed by atoms with Crippen LogP contribution in [0.4, 0.5) is 0 Å². The summed E-state index contributed by atoms with van der Waals surface area (Å²) in [6, 6.07) is 10.1. The number of carbonyl (C=O) groups excluding carboxylic acids is 1. The molecule has 3 heteroatoms. The molecule has 0 radical (unpaired) electrons. The Bertz CT molecular complexity index is 476. The number of esters is 1. The lowest BCUT2D eigenvalue weighted by Gasteiger charge is -2.39. The second kappa shape index (κ2) is 5.47. The van der Waals surface area contributed by atoms with Gasteiger partial charge in [0.2, 0.25) is 0 Å². The highest BCUT2D eigenvalue weighted by atomic mass is 16.6. The maximum Gasteiger partial charge on any atom is 0.334 e. The van der Waals surface area contributed by atoms with Crippen molar-refractivity contribution in [2.45, 2.75) is 38.7 Å². The van der Waals surface area contributed by atoms with Crippen LogP contribution in [0.1, 0.15) is 32.3 Å². The van der Waals surface area contributed by atoms with Crippen molar-refractivity contribution in [3.8, 4) is 0 Å². The Morgan fingerprint density at radius 2 is 2.00 bits per heavy atom. The number of rotatable bonds is 4. The second-order valence-electron chi connectivity index (χ2n) is 5.44. The number of aryl methyl sites for hydroxylation is 1. The molecule has 0 aliphatic carbocycles. The molecule has 1 heterocycles. The van der Waals surface area contributed by atoms with Crippen molar-refractivity contribution in [3.05, 3.63) is 47.7 Å². The molecule has 19 heavy (non-hydrogen) atoms. The average molecular weight is 260 g/mol. The molecule has 0 unspecified atom stereocenters. The molecule has 102 valence electrons. The van der Waals surface area contributed by atoms with Crippen LogP contribution >= 0.6 is 0 Å². The third-order valence-corrected chi connectivity index (χ3v) is 3.80. The molecule has 1 atom stereocenters. The van der Waals surface area contributed by atoms with Crippen molar-refractivity contribution < 1.29 is 14.6 Å². The van der Waals surface area contributed by atoms with Crippen LogP contribution in [-0.4, -0.2) is 16.7 Å². The number of ether oxygens (including phenoxy) is 1. The van der Waals surface area contributed by atoms with Gasteiger partial charge in [-0.3, -0.25) is 0 Å². The zero-order valence-electron chi connectivity index (χ0n) is 11.4. The minimum atomic E-state index is -0.592. The van der Waals surface area contributed by atoms with E-state index in [1.807, 2.05) is 32.0 Å². The van der Waals surface area contributed by atoms with Crippen LogP contribution in [0.5, 0.6) is 0 Å². The molecule has 0 fully saturated rings. The molecule has 1 N–H and O–H groups in total. The summed E-state index contributed by atoms with van der Waals surface area (Å²) in [6.07, 6.45) is 3.13. The number of hydrogen-bond acceptors (Lipinski definition) is 3. The summed E-state index contributed by atoms with van der Waals surface area (Å²) < 4.78 is 5.55. The van der Waals surface area contributed by atoms with Crippen molar-refractivity contribution in [1.82, 2.24) is 0 Å². The van der Waals surface area contributed by atoms with Gasteiger partial charge < -0.3 is 9.84 Å². The van der Waals surface area contributed by atoms with Crippen LogP contribution in [0.25, 0.3) is 0 Å². The summed E-state index contributed by atoms with van der Waals surface area (Å²) in [4.78, 5) is 11.5. The van der Waals surface area contributed by atoms with E-state index in [1.54, 1.807) is 0 Å². The van der Waals surface area contributed by atoms with E-state index in [-0.39, 0.29) is 11.7 Å². The van der Waals surface area contributed by atoms with Gasteiger partial charge in [-0.1, -0.05) is 44.2 Å². The molecular weight excluding hydrogens is 240 g/mol. The van der Waals surface area contributed by atoms with Crippen molar-refractivity contribution in [2.24, 2.45) is 5.92 Å². The van der Waals surface area contributed by atoms with Crippen LogP contribution in [0, 0.1) is 5.92 Å². The lowest BCUT2D eigenvalue weighted by Crippen LogP contribution is -2.43. The van der Waals surface area contributed by atoms with E-state index >= 15 is 0 Å². The summed E-state index contributed by atoms with van der Waals surface area (Å²) >= 11 is 0. The molecule has 0 aromatic heterocycles. The Labute approximate surface area is 113 Å². The predicted molar refractivity (Wildman–Crippen MR) is 73.8 cm³/mol. The van der Waals surface area contributed by atoms with E-state index in [1.165, 1.54) is 11.6 Å². The zero-order valence-corrected chi connectivity index (χ0v) is 11.4. The number of aliphatic hydroxyl groups excluding tert-OH is 1. The molecular formula is C16H20O3. The third kappa shape index (κ3) is 3.16. The lowest BCUT2D eigenvalue weighted by atomic mass is 9.80. The van der Waals surface area contributed by atoms with E-state index in [4.69, 9.17) is 4.74 Å². The summed E-state index contributed by atoms with van der Waals surface area (Å²) in [5.41, 5.74) is 0.624. The van der Waals surface area contributed by atoms with Crippen molar-refractivity contribution in [3.63, 3.8) is 0 Å². The first-order valence-electron chi connectivity index (χ1n) is 6.68. The first-order chi connectivity index (χ1) is 9.02. The number of cyclic esters (lactones) is 1. The Balaban J connectivity index is 2.13. The SMILES string of the molecule is CC(C)[C@]1(CCc2ccccc2)CC(O)=CC(=O)O1. The number of hydrogen-bond donors (Lipinski definition) is 1. The van der Waals surface area contributed by atoms with Gasteiger partial charge in [-0.2, -0.15) is 0 Å². The second-order valence-corrected chi connectivity index (χ2v) is 5.44. The largest absolute Gasteiger partial charge is 0.512 e. The van der Waals surface area contributed by atoms with Crippen LogP contribution in [0.3, 0.4) is 0 Å². The Morgan fingerprint density at radius 1 is 1.32 bits per heavy atom. The Kier molecular flexibility index (Phi) is 3.93. The summed E-state index contributed by atoms with van der Waals surface area (Å²) in [5.74, 6) is -0.153. The van der Waals surface area contributed by atoms with Gasteiger partial charge in [-0.25, -0.2) is 4.79 Å².